The van der Waals surface area contributed by atoms with Gasteiger partial charge in [-0.15, -0.1) is 0 Å². The first kappa shape index (κ1) is 12.1. The molecule has 0 unspecified atom stereocenters. The third-order valence-electron chi connectivity index (χ3n) is 2.56. The summed E-state index contributed by atoms with van der Waals surface area (Å²) in [4.78, 5) is 4.31. The predicted molar refractivity (Wildman–Crippen MR) is 56.4 cm³/mol. The van der Waals surface area contributed by atoms with Gasteiger partial charge in [0, 0.05) is 13.7 Å². The molecule has 1 rings (SSSR count). The van der Waals surface area contributed by atoms with Crippen LogP contribution < -0.4 is 5.73 Å². The molecule has 0 spiro atoms. The van der Waals surface area contributed by atoms with Gasteiger partial charge in [0.05, 0.1) is 5.41 Å². The van der Waals surface area contributed by atoms with E-state index in [0.717, 1.165) is 0 Å². The van der Waals surface area contributed by atoms with Gasteiger partial charge in [0.25, 0.3) is 0 Å². The van der Waals surface area contributed by atoms with Crippen molar-refractivity contribution in [3.8, 4) is 0 Å². The first-order chi connectivity index (χ1) is 6.83. The Balaban J connectivity index is 3.00. The maximum Gasteiger partial charge on any atom is 0.233 e. The fourth-order valence-corrected chi connectivity index (χ4v) is 0.922. The molecule has 86 valence electrons. The average Bonchev–Trinajstić information content (AvgIpc) is 2.67. The zero-order chi connectivity index (χ0) is 11.7. The Kier molecular flexibility index (Phi) is 3.16. The highest BCUT2D eigenvalue weighted by molar-refractivity contribution is 5.05. The van der Waals surface area contributed by atoms with Crippen LogP contribution in [0, 0.1) is 0 Å². The quantitative estimate of drug-likeness (QED) is 0.813. The Hall–Kier alpha value is -0.940. The number of aromatic nitrogens is 2. The number of nitrogens with two attached hydrogens (primary N) is 1. The average molecular weight is 213 g/mol. The molecule has 1 aromatic rings. The number of methoxy groups -OCH3 is 1. The van der Waals surface area contributed by atoms with Crippen LogP contribution in [0.5, 0.6) is 0 Å². The Morgan fingerprint density at radius 2 is 1.93 bits per heavy atom. The third kappa shape index (κ3) is 2.35. The van der Waals surface area contributed by atoms with Gasteiger partial charge in [-0.05, 0) is 27.7 Å². The number of rotatable bonds is 4. The van der Waals surface area contributed by atoms with Crippen LogP contribution in [0.1, 0.15) is 39.4 Å². The molecule has 1 heterocycles. The summed E-state index contributed by atoms with van der Waals surface area (Å²) in [6.45, 7) is 8.16. The van der Waals surface area contributed by atoms with E-state index in [1.165, 1.54) is 0 Å². The molecule has 0 saturated carbocycles. The van der Waals surface area contributed by atoms with Crippen LogP contribution in [0.3, 0.4) is 0 Å². The largest absolute Gasteiger partial charge is 0.371 e. The standard InChI is InChI=1S/C10H19N3O2/c1-9(2,6-11)8-12-7(13-15-8)10(3,4)14-5/h6,11H2,1-5H3. The molecule has 0 atom stereocenters. The molecule has 0 fully saturated rings. The Bertz CT molecular complexity index is 301. The molecule has 0 aliphatic heterocycles. The summed E-state index contributed by atoms with van der Waals surface area (Å²) in [5.74, 6) is 1.09. The van der Waals surface area contributed by atoms with Crippen LogP contribution in [0.4, 0.5) is 0 Å². The van der Waals surface area contributed by atoms with E-state index in [-0.39, 0.29) is 5.41 Å². The molecule has 0 aliphatic rings. The SMILES string of the molecule is COC(C)(C)c1noc(C(C)(C)CN)n1. The van der Waals surface area contributed by atoms with Crippen LogP contribution in [0.25, 0.3) is 0 Å². The maximum absolute atomic E-state index is 5.63. The molecule has 0 bridgehead atoms. The van der Waals surface area contributed by atoms with E-state index in [0.29, 0.717) is 18.3 Å². The van der Waals surface area contributed by atoms with E-state index >= 15 is 0 Å². The first-order valence-electron chi connectivity index (χ1n) is 4.93. The minimum atomic E-state index is -0.535. The molecule has 5 heteroatoms. The summed E-state index contributed by atoms with van der Waals surface area (Å²) in [6, 6.07) is 0. The van der Waals surface area contributed by atoms with E-state index < -0.39 is 5.60 Å². The van der Waals surface area contributed by atoms with Gasteiger partial charge in [0.2, 0.25) is 11.7 Å². The molecule has 0 aliphatic carbocycles. The number of hydrogen-bond donors (Lipinski definition) is 1. The van der Waals surface area contributed by atoms with Gasteiger partial charge in [-0.3, -0.25) is 0 Å². The lowest BCUT2D eigenvalue weighted by Crippen LogP contribution is -2.29. The fourth-order valence-electron chi connectivity index (χ4n) is 0.922. The van der Waals surface area contributed by atoms with E-state index in [4.69, 9.17) is 15.0 Å². The van der Waals surface area contributed by atoms with Gasteiger partial charge in [0.15, 0.2) is 0 Å². The van der Waals surface area contributed by atoms with Crippen molar-refractivity contribution in [2.45, 2.75) is 38.7 Å². The number of hydrogen-bond acceptors (Lipinski definition) is 5. The van der Waals surface area contributed by atoms with Crippen molar-refractivity contribution in [1.29, 1.82) is 0 Å². The maximum atomic E-state index is 5.63. The van der Waals surface area contributed by atoms with Crippen molar-refractivity contribution < 1.29 is 9.26 Å². The van der Waals surface area contributed by atoms with E-state index in [1.807, 2.05) is 27.7 Å². The van der Waals surface area contributed by atoms with Crippen molar-refractivity contribution in [1.82, 2.24) is 10.1 Å². The van der Waals surface area contributed by atoms with Crippen molar-refractivity contribution in [3.05, 3.63) is 11.7 Å². The summed E-state index contributed by atoms with van der Waals surface area (Å²) in [5, 5.41) is 3.91. The Labute approximate surface area is 90.0 Å². The van der Waals surface area contributed by atoms with Crippen LogP contribution >= 0.6 is 0 Å². The fraction of sp³-hybridized carbons (Fsp3) is 0.800. The molecule has 0 amide bonds. The lowest BCUT2D eigenvalue weighted by molar-refractivity contribution is 0.00973. The summed E-state index contributed by atoms with van der Waals surface area (Å²) in [7, 11) is 1.62. The van der Waals surface area contributed by atoms with Gasteiger partial charge in [0.1, 0.15) is 5.60 Å². The van der Waals surface area contributed by atoms with Crippen molar-refractivity contribution in [2.24, 2.45) is 5.73 Å². The van der Waals surface area contributed by atoms with Crippen molar-refractivity contribution in [2.75, 3.05) is 13.7 Å². The first-order valence-corrected chi connectivity index (χ1v) is 4.93. The highest BCUT2D eigenvalue weighted by Crippen LogP contribution is 2.25. The Morgan fingerprint density at radius 1 is 1.33 bits per heavy atom. The second-order valence-corrected chi connectivity index (χ2v) is 4.73. The van der Waals surface area contributed by atoms with Crippen LogP contribution in [0.15, 0.2) is 4.52 Å². The molecule has 2 N–H and O–H groups in total. The summed E-state index contributed by atoms with van der Waals surface area (Å²) >= 11 is 0. The highest BCUT2D eigenvalue weighted by Gasteiger charge is 2.31. The van der Waals surface area contributed by atoms with Gasteiger partial charge < -0.3 is 15.0 Å². The molecule has 0 saturated heterocycles. The van der Waals surface area contributed by atoms with Gasteiger partial charge in [-0.1, -0.05) is 5.16 Å². The molecular weight excluding hydrogens is 194 g/mol. The summed E-state index contributed by atoms with van der Waals surface area (Å²) in [5.41, 5.74) is 4.80. The monoisotopic (exact) mass is 213 g/mol. The number of nitrogens with zero attached hydrogens (tertiary/aromatic N) is 2. The smallest absolute Gasteiger partial charge is 0.233 e. The molecule has 15 heavy (non-hydrogen) atoms. The van der Waals surface area contributed by atoms with Gasteiger partial charge in [-0.25, -0.2) is 0 Å². The van der Waals surface area contributed by atoms with Gasteiger partial charge >= 0.3 is 0 Å². The van der Waals surface area contributed by atoms with E-state index in [1.54, 1.807) is 7.11 Å². The Morgan fingerprint density at radius 3 is 2.40 bits per heavy atom. The topological polar surface area (TPSA) is 74.2 Å². The van der Waals surface area contributed by atoms with Gasteiger partial charge in [-0.2, -0.15) is 4.98 Å². The van der Waals surface area contributed by atoms with Crippen molar-refractivity contribution in [3.63, 3.8) is 0 Å². The van der Waals surface area contributed by atoms with Crippen LogP contribution in [-0.2, 0) is 15.8 Å². The zero-order valence-electron chi connectivity index (χ0n) is 10.00. The molecule has 0 radical (unpaired) electrons. The molecule has 0 aromatic carbocycles. The molecule has 1 aromatic heterocycles. The normalized spacial score (nSPS) is 13.2. The summed E-state index contributed by atoms with van der Waals surface area (Å²) < 4.78 is 10.5. The zero-order valence-corrected chi connectivity index (χ0v) is 10.00. The minimum Gasteiger partial charge on any atom is -0.371 e. The second kappa shape index (κ2) is 3.90. The highest BCUT2D eigenvalue weighted by atomic mass is 16.5. The number of ether oxygens (including phenoxy) is 1. The van der Waals surface area contributed by atoms with E-state index in [2.05, 4.69) is 10.1 Å². The summed E-state index contributed by atoms with van der Waals surface area (Å²) in [6.07, 6.45) is 0. The van der Waals surface area contributed by atoms with Crippen LogP contribution in [0.2, 0.25) is 0 Å². The minimum absolute atomic E-state index is 0.297. The third-order valence-corrected chi connectivity index (χ3v) is 2.56. The van der Waals surface area contributed by atoms with E-state index in [9.17, 15) is 0 Å². The second-order valence-electron chi connectivity index (χ2n) is 4.73. The molecule has 5 nitrogen and oxygen atoms in total. The van der Waals surface area contributed by atoms with Crippen molar-refractivity contribution >= 4 is 0 Å². The lowest BCUT2D eigenvalue weighted by atomic mass is 9.94. The van der Waals surface area contributed by atoms with Crippen LogP contribution in [-0.4, -0.2) is 23.8 Å². The lowest BCUT2D eigenvalue weighted by Gasteiger charge is -2.18. The molecular formula is C10H19N3O2. The predicted octanol–water partition coefficient (Wildman–Crippen LogP) is 1.19.